The van der Waals surface area contributed by atoms with Crippen molar-refractivity contribution < 1.29 is 39.4 Å². The molecule has 0 aromatic heterocycles. The molecule has 9 nitrogen and oxygen atoms in total. The molecule has 0 spiro atoms. The SMILES string of the molecule is CCCC[C@@H](C)[C@H](CO[C@H]1OC(CO)[C@H](O)C(O)C1O)NC(=O)CCCCCCCCCCc1ccc(Oc2ccc(C)c(C)c2)cc1. The van der Waals surface area contributed by atoms with E-state index in [1.165, 1.54) is 48.8 Å². The van der Waals surface area contributed by atoms with Crippen molar-refractivity contribution >= 4 is 5.91 Å². The van der Waals surface area contributed by atoms with Gasteiger partial charge in [0.1, 0.15) is 35.9 Å². The molecule has 7 atom stereocenters. The van der Waals surface area contributed by atoms with Crippen LogP contribution in [0, 0.1) is 19.8 Å². The minimum atomic E-state index is -1.50. The van der Waals surface area contributed by atoms with Crippen molar-refractivity contribution in [2.24, 2.45) is 5.92 Å². The second-order valence-corrected chi connectivity index (χ2v) is 13.6. The van der Waals surface area contributed by atoms with Gasteiger partial charge in [0.05, 0.1) is 19.3 Å². The number of carbonyl (C=O) groups excluding carboxylic acids is 1. The molecule has 2 aromatic rings. The minimum Gasteiger partial charge on any atom is -0.457 e. The van der Waals surface area contributed by atoms with Gasteiger partial charge in [-0.15, -0.1) is 0 Å². The minimum absolute atomic E-state index is 0.0226. The highest BCUT2D eigenvalue weighted by Gasteiger charge is 2.44. The van der Waals surface area contributed by atoms with Gasteiger partial charge >= 0.3 is 0 Å². The van der Waals surface area contributed by atoms with Gasteiger partial charge in [0.25, 0.3) is 0 Å². The van der Waals surface area contributed by atoms with Crippen LogP contribution in [0.1, 0.15) is 108 Å². The van der Waals surface area contributed by atoms with E-state index >= 15 is 0 Å². The van der Waals surface area contributed by atoms with Crippen molar-refractivity contribution in [3.63, 3.8) is 0 Å². The number of benzene rings is 2. The normalized spacial score (nSPS) is 22.3. The monoisotopic (exact) mass is 671 g/mol. The van der Waals surface area contributed by atoms with E-state index in [1.54, 1.807) is 0 Å². The first-order valence-electron chi connectivity index (χ1n) is 18.2. The summed E-state index contributed by atoms with van der Waals surface area (Å²) in [7, 11) is 0. The van der Waals surface area contributed by atoms with Crippen LogP contribution in [0.2, 0.25) is 0 Å². The third kappa shape index (κ3) is 13.4. The van der Waals surface area contributed by atoms with Crippen LogP contribution in [0.5, 0.6) is 11.5 Å². The molecule has 1 heterocycles. The van der Waals surface area contributed by atoms with E-state index < -0.39 is 37.3 Å². The van der Waals surface area contributed by atoms with Crippen molar-refractivity contribution in [3.8, 4) is 11.5 Å². The van der Waals surface area contributed by atoms with Crippen molar-refractivity contribution in [1.29, 1.82) is 0 Å². The first kappa shape index (κ1) is 39.9. The number of carbonyl (C=O) groups is 1. The highest BCUT2D eigenvalue weighted by molar-refractivity contribution is 5.76. The number of nitrogens with one attached hydrogen (secondary N) is 1. The van der Waals surface area contributed by atoms with E-state index in [-0.39, 0.29) is 24.5 Å². The number of ether oxygens (including phenoxy) is 3. The molecule has 270 valence electrons. The summed E-state index contributed by atoms with van der Waals surface area (Å²) in [6, 6.07) is 14.3. The number of unbranched alkanes of at least 4 members (excludes halogenated alkanes) is 8. The van der Waals surface area contributed by atoms with Crippen LogP contribution in [0.25, 0.3) is 0 Å². The summed E-state index contributed by atoms with van der Waals surface area (Å²) in [6.07, 6.45) is 6.83. The van der Waals surface area contributed by atoms with Gasteiger partial charge in [-0.05, 0) is 86.4 Å². The maximum atomic E-state index is 12.8. The van der Waals surface area contributed by atoms with Crippen LogP contribution in [-0.2, 0) is 20.7 Å². The predicted octanol–water partition coefficient (Wildman–Crippen LogP) is 6.28. The van der Waals surface area contributed by atoms with E-state index in [1.807, 2.05) is 6.07 Å². The lowest BCUT2D eigenvalue weighted by molar-refractivity contribution is -0.302. The molecule has 0 saturated carbocycles. The molecule has 3 rings (SSSR count). The van der Waals surface area contributed by atoms with Gasteiger partial charge in [-0.25, -0.2) is 0 Å². The zero-order valence-electron chi connectivity index (χ0n) is 29.6. The molecule has 1 amide bonds. The molecule has 5 N–H and O–H groups in total. The van der Waals surface area contributed by atoms with Crippen molar-refractivity contribution in [2.75, 3.05) is 13.2 Å². The van der Waals surface area contributed by atoms with Gasteiger partial charge in [-0.1, -0.05) is 83.4 Å². The Bertz CT molecular complexity index is 1190. The van der Waals surface area contributed by atoms with Crippen molar-refractivity contribution in [1.82, 2.24) is 5.32 Å². The van der Waals surface area contributed by atoms with Crippen LogP contribution in [0.3, 0.4) is 0 Å². The van der Waals surface area contributed by atoms with Gasteiger partial charge in [-0.3, -0.25) is 4.79 Å². The average molecular weight is 672 g/mol. The Kier molecular flexibility index (Phi) is 17.9. The van der Waals surface area contributed by atoms with E-state index in [9.17, 15) is 25.2 Å². The lowest BCUT2D eigenvalue weighted by atomic mass is 9.95. The number of aliphatic hydroxyl groups is 4. The zero-order valence-corrected chi connectivity index (χ0v) is 29.6. The predicted molar refractivity (Wildman–Crippen MR) is 188 cm³/mol. The summed E-state index contributed by atoms with van der Waals surface area (Å²) < 4.78 is 17.3. The highest BCUT2D eigenvalue weighted by Crippen LogP contribution is 2.25. The molecule has 1 saturated heterocycles. The number of amides is 1. The summed E-state index contributed by atoms with van der Waals surface area (Å²) in [5, 5.41) is 43.0. The number of aryl methyl sites for hydroxylation is 3. The number of rotatable bonds is 22. The number of aliphatic hydroxyl groups excluding tert-OH is 4. The molecule has 0 aliphatic carbocycles. The Morgan fingerprint density at radius 3 is 2.12 bits per heavy atom. The maximum Gasteiger partial charge on any atom is 0.220 e. The van der Waals surface area contributed by atoms with Crippen LogP contribution < -0.4 is 10.1 Å². The van der Waals surface area contributed by atoms with E-state index in [2.05, 4.69) is 69.4 Å². The third-order valence-electron chi connectivity index (χ3n) is 9.59. The van der Waals surface area contributed by atoms with Gasteiger partial charge in [-0.2, -0.15) is 0 Å². The quantitative estimate of drug-likeness (QED) is 0.0924. The van der Waals surface area contributed by atoms with E-state index in [4.69, 9.17) is 14.2 Å². The lowest BCUT2D eigenvalue weighted by Gasteiger charge is -2.40. The van der Waals surface area contributed by atoms with Crippen LogP contribution in [0.4, 0.5) is 0 Å². The third-order valence-corrected chi connectivity index (χ3v) is 9.59. The molecule has 48 heavy (non-hydrogen) atoms. The average Bonchev–Trinajstić information content (AvgIpc) is 3.08. The summed E-state index contributed by atoms with van der Waals surface area (Å²) in [4.78, 5) is 12.8. The molecule has 2 aromatic carbocycles. The van der Waals surface area contributed by atoms with Gasteiger partial charge in [0.2, 0.25) is 5.91 Å². The summed E-state index contributed by atoms with van der Waals surface area (Å²) in [6.45, 7) is 7.96. The summed E-state index contributed by atoms with van der Waals surface area (Å²) >= 11 is 0. The second-order valence-electron chi connectivity index (χ2n) is 13.6. The first-order valence-corrected chi connectivity index (χ1v) is 18.2. The largest absolute Gasteiger partial charge is 0.457 e. The van der Waals surface area contributed by atoms with E-state index in [0.717, 1.165) is 56.4 Å². The first-order chi connectivity index (χ1) is 23.1. The molecule has 0 radical (unpaired) electrons. The van der Waals surface area contributed by atoms with E-state index in [0.29, 0.717) is 6.42 Å². The number of hydrogen-bond acceptors (Lipinski definition) is 8. The number of hydrogen-bond donors (Lipinski definition) is 5. The van der Waals surface area contributed by atoms with Crippen molar-refractivity contribution in [2.45, 2.75) is 148 Å². The van der Waals surface area contributed by atoms with Crippen molar-refractivity contribution in [3.05, 3.63) is 59.2 Å². The molecule has 1 fully saturated rings. The molecule has 0 bridgehead atoms. The maximum absolute atomic E-state index is 12.8. The molecule has 3 unspecified atom stereocenters. The molecular weight excluding hydrogens is 610 g/mol. The topological polar surface area (TPSA) is 138 Å². The molecule has 9 heteroatoms. The standard InChI is InChI=1S/C39H61NO8/c1-5-6-15-28(3)33(26-46-39-38(45)37(44)36(43)34(25-41)48-39)40-35(42)17-14-12-10-8-7-9-11-13-16-30-19-22-31(23-20-30)47-32-21-18-27(2)29(4)24-32/h18-24,28,33-34,36-39,41,43-45H,5-17,25-26H2,1-4H3,(H,40,42)/t28-,33+,34?,36+,37?,38?,39+/m1/s1. The fraction of sp³-hybridized carbons (Fsp3) is 0.667. The van der Waals surface area contributed by atoms with Gasteiger partial charge < -0.3 is 40.0 Å². The Morgan fingerprint density at radius 1 is 0.833 bits per heavy atom. The Morgan fingerprint density at radius 2 is 1.48 bits per heavy atom. The fourth-order valence-electron chi connectivity index (χ4n) is 6.07. The fourth-order valence-corrected chi connectivity index (χ4v) is 6.07. The van der Waals surface area contributed by atoms with Crippen LogP contribution >= 0.6 is 0 Å². The Labute approximate surface area is 288 Å². The van der Waals surface area contributed by atoms with Gasteiger partial charge in [0, 0.05) is 6.42 Å². The zero-order chi connectivity index (χ0) is 34.9. The van der Waals surface area contributed by atoms with Gasteiger partial charge in [0.15, 0.2) is 6.29 Å². The van der Waals surface area contributed by atoms with Crippen LogP contribution in [0.15, 0.2) is 42.5 Å². The smallest absolute Gasteiger partial charge is 0.220 e. The lowest BCUT2D eigenvalue weighted by Crippen LogP contribution is -2.59. The molecule has 1 aliphatic heterocycles. The summed E-state index contributed by atoms with van der Waals surface area (Å²) in [5.74, 6) is 1.85. The van der Waals surface area contributed by atoms with Crippen LogP contribution in [-0.4, -0.2) is 76.3 Å². The second kappa shape index (κ2) is 21.5. The highest BCUT2D eigenvalue weighted by atomic mass is 16.7. The molecule has 1 aliphatic rings. The summed E-state index contributed by atoms with van der Waals surface area (Å²) in [5.41, 5.74) is 3.83. The Balaban J connectivity index is 1.26. The molecular formula is C39H61NO8. The Hall–Kier alpha value is -2.53.